The molecule has 0 saturated heterocycles. The molecule has 0 saturated carbocycles. The summed E-state index contributed by atoms with van der Waals surface area (Å²) in [6, 6.07) is -0.959. The lowest BCUT2D eigenvalue weighted by Crippen LogP contribution is -2.06. The van der Waals surface area contributed by atoms with Crippen molar-refractivity contribution in [1.29, 1.82) is 0 Å². The number of pyridine rings is 1. The van der Waals surface area contributed by atoms with Crippen molar-refractivity contribution in [3.05, 3.63) is 47.1 Å². The number of hydrogen-bond acceptors (Lipinski definition) is 4. The van der Waals surface area contributed by atoms with Crippen LogP contribution in [-0.2, 0) is 4.79 Å². The maximum Gasteiger partial charge on any atom is 0.303 e. The minimum absolute atomic E-state index is 0.0179. The van der Waals surface area contributed by atoms with Gasteiger partial charge in [0.25, 0.3) is 0 Å². The van der Waals surface area contributed by atoms with Crippen LogP contribution in [0, 0.1) is 0 Å². The Morgan fingerprint density at radius 2 is 2.14 bits per heavy atom. The maximum absolute atomic E-state index is 12.0. The number of aromatic nitrogens is 1. The van der Waals surface area contributed by atoms with Gasteiger partial charge in [-0.05, 0) is 23.7 Å². The number of aromatic hydroxyl groups is 1. The molecule has 2 aromatic rings. The molecule has 2 rings (SSSR count). The molecule has 0 aliphatic heterocycles. The van der Waals surface area contributed by atoms with Gasteiger partial charge >= 0.3 is 5.97 Å². The van der Waals surface area contributed by atoms with Crippen molar-refractivity contribution in [2.24, 2.45) is 0 Å². The zero-order chi connectivity index (χ0) is 20.7. The number of carbonyl (C=O) groups excluding carboxylic acids is 1. The monoisotopic (exact) mass is 311 g/mol. The molecule has 0 bridgehead atoms. The number of carboxylic acid groups (broad SMARTS) is 1. The second kappa shape index (κ2) is 6.37. The summed E-state index contributed by atoms with van der Waals surface area (Å²) in [5, 5.41) is 18.4. The Labute approximate surface area is 134 Å². The third kappa shape index (κ3) is 3.79. The Bertz CT molecular complexity index is 937. The number of rotatable bonds is 5. The van der Waals surface area contributed by atoms with E-state index in [9.17, 15) is 14.7 Å². The molecule has 2 N–H and O–H groups in total. The lowest BCUT2D eigenvalue weighted by molar-refractivity contribution is -0.136. The molecular formula is C15H12ClNO4. The molecule has 0 atom stereocenters. The standard InChI is InChI=1S/C15H12ClNO4/c16-11-3-1-2-9(6-11)10-7-13(19)15(17-8-10)12(18)4-5-14(20)21/h1-3,6-8,19H,4-5H2,(H,20,21)/i1D,2D,3D,5D2,6D. The Morgan fingerprint density at radius 3 is 2.81 bits per heavy atom. The van der Waals surface area contributed by atoms with Gasteiger partial charge in [-0.1, -0.05) is 23.7 Å². The SMILES string of the molecule is [2H]c1c([2H])c(Cl)c([2H])c(-c2cnc(C(=O)CC([2H])([2H])C(=O)O)c(O)c2)c1[2H]. The maximum atomic E-state index is 12.0. The Hall–Kier alpha value is -2.40. The first kappa shape index (κ1) is 8.79. The molecule has 0 aliphatic carbocycles. The van der Waals surface area contributed by atoms with E-state index in [1.54, 1.807) is 0 Å². The summed E-state index contributed by atoms with van der Waals surface area (Å²) in [5.74, 6) is -3.60. The summed E-state index contributed by atoms with van der Waals surface area (Å²) in [7, 11) is 0. The van der Waals surface area contributed by atoms with Crippen LogP contribution in [0.5, 0.6) is 5.75 Å². The van der Waals surface area contributed by atoms with Crippen molar-refractivity contribution in [2.45, 2.75) is 12.8 Å². The largest absolute Gasteiger partial charge is 0.506 e. The molecule has 0 spiro atoms. The fraction of sp³-hybridized carbons (Fsp3) is 0.133. The zero-order valence-electron chi connectivity index (χ0n) is 16.4. The molecule has 108 valence electrons. The van der Waals surface area contributed by atoms with Crippen LogP contribution < -0.4 is 0 Å². The first-order chi connectivity index (χ1) is 12.4. The molecule has 1 aromatic carbocycles. The van der Waals surface area contributed by atoms with Crippen LogP contribution in [0.2, 0.25) is 5.02 Å². The molecular weight excluding hydrogens is 294 g/mol. The van der Waals surface area contributed by atoms with E-state index >= 15 is 0 Å². The van der Waals surface area contributed by atoms with Crippen molar-refractivity contribution < 1.29 is 28.0 Å². The smallest absolute Gasteiger partial charge is 0.303 e. The molecule has 21 heavy (non-hydrogen) atoms. The average molecular weight is 312 g/mol. The van der Waals surface area contributed by atoms with Crippen molar-refractivity contribution in [1.82, 2.24) is 4.98 Å². The first-order valence-electron chi connectivity index (χ1n) is 8.60. The molecule has 6 heteroatoms. The van der Waals surface area contributed by atoms with Gasteiger partial charge in [0.15, 0.2) is 5.78 Å². The summed E-state index contributed by atoms with van der Waals surface area (Å²) < 4.78 is 45.7. The van der Waals surface area contributed by atoms with Gasteiger partial charge in [0, 0.05) is 25.9 Å². The summed E-state index contributed by atoms with van der Waals surface area (Å²) in [4.78, 5) is 26.5. The highest BCUT2D eigenvalue weighted by atomic mass is 35.5. The van der Waals surface area contributed by atoms with Crippen molar-refractivity contribution in [3.8, 4) is 16.9 Å². The van der Waals surface area contributed by atoms with E-state index in [1.807, 2.05) is 0 Å². The minimum atomic E-state index is -2.84. The lowest BCUT2D eigenvalue weighted by atomic mass is 10.1. The second-order valence-corrected chi connectivity index (χ2v) is 4.24. The number of ketones is 1. The highest BCUT2D eigenvalue weighted by Gasteiger charge is 2.15. The number of carboxylic acids is 1. The predicted molar refractivity (Wildman–Crippen MR) is 77.5 cm³/mol. The predicted octanol–water partition coefficient (Wildman–Crippen LogP) is 3.16. The molecule has 5 nitrogen and oxygen atoms in total. The minimum Gasteiger partial charge on any atom is -0.506 e. The molecule has 0 radical (unpaired) electrons. The van der Waals surface area contributed by atoms with E-state index in [0.717, 1.165) is 12.3 Å². The van der Waals surface area contributed by atoms with E-state index in [-0.39, 0.29) is 16.1 Å². The van der Waals surface area contributed by atoms with E-state index < -0.39 is 60.2 Å². The third-order valence-electron chi connectivity index (χ3n) is 2.42. The van der Waals surface area contributed by atoms with Gasteiger partial charge < -0.3 is 10.2 Å². The number of halogens is 1. The van der Waals surface area contributed by atoms with Gasteiger partial charge in [0.2, 0.25) is 0 Å². The first-order valence-corrected chi connectivity index (χ1v) is 5.98. The zero-order valence-corrected chi connectivity index (χ0v) is 11.2. The molecule has 0 aliphatic rings. The number of carbonyl (C=O) groups is 2. The summed E-state index contributed by atoms with van der Waals surface area (Å²) in [6.45, 7) is 0. The van der Waals surface area contributed by atoms with E-state index in [4.69, 9.17) is 24.9 Å². The summed E-state index contributed by atoms with van der Waals surface area (Å²) in [6.07, 6.45) is -2.88. The fourth-order valence-electron chi connectivity index (χ4n) is 1.51. The number of nitrogens with zero attached hydrogens (tertiary/aromatic N) is 1. The fourth-order valence-corrected chi connectivity index (χ4v) is 1.65. The number of aliphatic carboxylic acids is 1. The van der Waals surface area contributed by atoms with Crippen LogP contribution >= 0.6 is 11.6 Å². The average Bonchev–Trinajstić information content (AvgIpc) is 2.58. The number of Topliss-reactive ketones (excluding diaryl/α,β-unsaturated/α-hetero) is 1. The third-order valence-corrected chi connectivity index (χ3v) is 2.60. The Balaban J connectivity index is 2.50. The van der Waals surface area contributed by atoms with E-state index in [0.29, 0.717) is 0 Å². The number of hydrogen-bond donors (Lipinski definition) is 2. The van der Waals surface area contributed by atoms with E-state index in [2.05, 4.69) is 4.98 Å². The van der Waals surface area contributed by atoms with Gasteiger partial charge in [-0.25, -0.2) is 4.98 Å². The van der Waals surface area contributed by atoms with Gasteiger partial charge in [-0.15, -0.1) is 0 Å². The quantitative estimate of drug-likeness (QED) is 0.828. The molecule has 0 unspecified atom stereocenters. The van der Waals surface area contributed by atoms with Gasteiger partial charge in [-0.3, -0.25) is 9.59 Å². The summed E-state index contributed by atoms with van der Waals surface area (Å²) in [5.41, 5.74) is -0.768. The second-order valence-electron chi connectivity index (χ2n) is 3.86. The van der Waals surface area contributed by atoms with Crippen LogP contribution in [0.3, 0.4) is 0 Å². The topological polar surface area (TPSA) is 87.5 Å². The van der Waals surface area contributed by atoms with Crippen LogP contribution in [0.4, 0.5) is 0 Å². The molecule has 1 heterocycles. The van der Waals surface area contributed by atoms with Crippen molar-refractivity contribution in [3.63, 3.8) is 0 Å². The van der Waals surface area contributed by atoms with Gasteiger partial charge in [0.1, 0.15) is 11.4 Å². The highest BCUT2D eigenvalue weighted by molar-refractivity contribution is 6.30. The van der Waals surface area contributed by atoms with Crippen LogP contribution in [-0.4, -0.2) is 26.9 Å². The van der Waals surface area contributed by atoms with Crippen LogP contribution in [0.1, 0.15) is 31.5 Å². The van der Waals surface area contributed by atoms with Crippen molar-refractivity contribution in [2.75, 3.05) is 0 Å². The molecule has 0 amide bonds. The molecule has 1 aromatic heterocycles. The Kier molecular flexibility index (Phi) is 2.67. The lowest BCUT2D eigenvalue weighted by Gasteiger charge is -2.06. The van der Waals surface area contributed by atoms with Crippen LogP contribution in [0.15, 0.2) is 36.4 Å². The highest BCUT2D eigenvalue weighted by Crippen LogP contribution is 2.27. The normalized spacial score (nSPS) is 15.1. The summed E-state index contributed by atoms with van der Waals surface area (Å²) >= 11 is 5.82. The molecule has 0 fully saturated rings. The van der Waals surface area contributed by atoms with Gasteiger partial charge in [-0.2, -0.15) is 0 Å². The Morgan fingerprint density at radius 1 is 1.38 bits per heavy atom. The van der Waals surface area contributed by atoms with Crippen molar-refractivity contribution >= 4 is 23.4 Å². The van der Waals surface area contributed by atoms with E-state index in [1.165, 1.54) is 0 Å². The number of benzene rings is 1. The van der Waals surface area contributed by atoms with Crippen LogP contribution in [0.25, 0.3) is 11.1 Å². The van der Waals surface area contributed by atoms with Gasteiger partial charge in [0.05, 0.1) is 11.9 Å².